The van der Waals surface area contributed by atoms with E-state index in [1.165, 1.54) is 36.4 Å². The number of carbonyl (C=O) groups is 2. The quantitative estimate of drug-likeness (QED) is 0.201. The van der Waals surface area contributed by atoms with E-state index in [9.17, 15) is 45.1 Å². The average molecular weight is 539 g/mol. The Bertz CT molecular complexity index is 1360. The van der Waals surface area contributed by atoms with Gasteiger partial charge in [-0.3, -0.25) is 4.79 Å². The fourth-order valence-electron chi connectivity index (χ4n) is 3.38. The molecule has 1 heterocycles. The van der Waals surface area contributed by atoms with Gasteiger partial charge in [0.15, 0.2) is 5.75 Å². The lowest BCUT2D eigenvalue weighted by molar-refractivity contribution is -0.346. The lowest BCUT2D eigenvalue weighted by atomic mass is 9.87. The van der Waals surface area contributed by atoms with Crippen molar-refractivity contribution in [2.24, 2.45) is 0 Å². The van der Waals surface area contributed by atoms with Crippen molar-refractivity contribution < 1.29 is 49.5 Å². The second-order valence-corrected chi connectivity index (χ2v) is 8.11. The highest BCUT2D eigenvalue weighted by Gasteiger charge is 2.77. The molecule has 0 N–H and O–H groups in total. The molecule has 0 aliphatic carbocycles. The lowest BCUT2D eigenvalue weighted by Gasteiger charge is -2.27. The summed E-state index contributed by atoms with van der Waals surface area (Å²) < 4.78 is 102. The van der Waals surface area contributed by atoms with E-state index >= 15 is 0 Å². The van der Waals surface area contributed by atoms with Gasteiger partial charge in [0, 0.05) is 17.4 Å². The lowest BCUT2D eigenvalue weighted by Crippen LogP contribution is -2.57. The summed E-state index contributed by atoms with van der Waals surface area (Å²) in [5.74, 6) is -19.3. The van der Waals surface area contributed by atoms with Gasteiger partial charge in [-0.25, -0.2) is 9.59 Å². The maximum absolute atomic E-state index is 14.1. The Balaban J connectivity index is 2.27. The number of benzene rings is 2. The Morgan fingerprint density at radius 2 is 1.56 bits per heavy atom. The first kappa shape index (κ1) is 27.2. The molecule has 0 bridgehead atoms. The summed E-state index contributed by atoms with van der Waals surface area (Å²) in [5.41, 5.74) is -2.19. The number of rotatable bonds is 7. The standard InChI is InChI=1S/C23H14ClF7O5/c1-11(32)10-15(12-6-8-13(24)9-7-12)17-18(14-4-2-3-5-16(14)35-19(17)33)36-20(34)21(25,26)22(27,28)23(29,30)31/h2-9,15H,10H2,1H3. The van der Waals surface area contributed by atoms with Crippen LogP contribution in [0.5, 0.6) is 5.75 Å². The highest BCUT2D eigenvalue weighted by Crippen LogP contribution is 2.48. The number of fused-ring (bicyclic) bond motifs is 1. The maximum atomic E-state index is 14.1. The van der Waals surface area contributed by atoms with Gasteiger partial charge in [-0.2, -0.15) is 30.7 Å². The predicted molar refractivity (Wildman–Crippen MR) is 113 cm³/mol. The molecule has 36 heavy (non-hydrogen) atoms. The van der Waals surface area contributed by atoms with Gasteiger partial charge < -0.3 is 9.15 Å². The van der Waals surface area contributed by atoms with E-state index in [4.69, 9.17) is 16.0 Å². The Morgan fingerprint density at radius 3 is 2.11 bits per heavy atom. The molecule has 0 fully saturated rings. The van der Waals surface area contributed by atoms with Crippen molar-refractivity contribution >= 4 is 34.3 Å². The number of alkyl halides is 7. The van der Waals surface area contributed by atoms with Gasteiger partial charge in [0.25, 0.3) is 0 Å². The zero-order chi connectivity index (χ0) is 27.1. The van der Waals surface area contributed by atoms with Crippen LogP contribution < -0.4 is 10.4 Å². The van der Waals surface area contributed by atoms with Gasteiger partial charge in [0.2, 0.25) is 0 Å². The second kappa shape index (κ2) is 9.57. The van der Waals surface area contributed by atoms with E-state index < -0.39 is 59.1 Å². The summed E-state index contributed by atoms with van der Waals surface area (Å²) in [6.07, 6.45) is -7.28. The molecular formula is C23H14ClF7O5. The van der Waals surface area contributed by atoms with Gasteiger partial charge in [-0.05, 0) is 36.8 Å². The predicted octanol–water partition coefficient (Wildman–Crippen LogP) is 6.30. The molecule has 2 aromatic carbocycles. The first-order valence-corrected chi connectivity index (χ1v) is 10.3. The van der Waals surface area contributed by atoms with Crippen LogP contribution in [0.1, 0.15) is 30.4 Å². The van der Waals surface area contributed by atoms with Crippen molar-refractivity contribution in [3.8, 4) is 5.75 Å². The van der Waals surface area contributed by atoms with Gasteiger partial charge in [-0.15, -0.1) is 0 Å². The third kappa shape index (κ3) is 4.95. The van der Waals surface area contributed by atoms with E-state index in [2.05, 4.69) is 4.74 Å². The van der Waals surface area contributed by atoms with Crippen LogP contribution in [0.4, 0.5) is 30.7 Å². The van der Waals surface area contributed by atoms with E-state index in [0.29, 0.717) is 0 Å². The Labute approximate surface area is 202 Å². The molecule has 0 saturated carbocycles. The summed E-state index contributed by atoms with van der Waals surface area (Å²) >= 11 is 5.84. The zero-order valence-corrected chi connectivity index (χ0v) is 18.7. The van der Waals surface area contributed by atoms with Gasteiger partial charge >= 0.3 is 29.6 Å². The fraction of sp³-hybridized carbons (Fsp3) is 0.261. The molecule has 3 aromatic rings. The highest BCUT2D eigenvalue weighted by atomic mass is 35.5. The molecular weight excluding hydrogens is 525 g/mol. The topological polar surface area (TPSA) is 73.6 Å². The van der Waals surface area contributed by atoms with E-state index in [1.54, 1.807) is 0 Å². The van der Waals surface area contributed by atoms with Crippen LogP contribution in [0.15, 0.2) is 57.7 Å². The number of esters is 1. The number of Topliss-reactive ketones (excluding diaryl/α,β-unsaturated/α-hetero) is 1. The van der Waals surface area contributed by atoms with Crippen molar-refractivity contribution in [1.82, 2.24) is 0 Å². The molecule has 1 unspecified atom stereocenters. The van der Waals surface area contributed by atoms with Crippen molar-refractivity contribution in [2.45, 2.75) is 37.3 Å². The third-order valence-corrected chi connectivity index (χ3v) is 5.36. The Morgan fingerprint density at radius 1 is 0.972 bits per heavy atom. The molecule has 0 spiro atoms. The van der Waals surface area contributed by atoms with Gasteiger partial charge in [0.1, 0.15) is 11.4 Å². The molecule has 192 valence electrons. The first-order valence-electron chi connectivity index (χ1n) is 9.93. The minimum atomic E-state index is -6.80. The monoisotopic (exact) mass is 538 g/mol. The SMILES string of the molecule is CC(=O)CC(c1ccc(Cl)cc1)c1c(OC(=O)C(F)(F)C(F)(F)C(F)(F)F)c2ccccc2oc1=O. The molecule has 0 aliphatic heterocycles. The summed E-state index contributed by atoms with van der Waals surface area (Å²) in [4.78, 5) is 37.0. The molecule has 0 saturated heterocycles. The number of hydrogen-bond donors (Lipinski definition) is 0. The van der Waals surface area contributed by atoms with Crippen molar-refractivity contribution in [1.29, 1.82) is 0 Å². The van der Waals surface area contributed by atoms with Crippen LogP contribution >= 0.6 is 11.6 Å². The van der Waals surface area contributed by atoms with Gasteiger partial charge in [-0.1, -0.05) is 35.9 Å². The largest absolute Gasteiger partial charge is 0.460 e. The fourth-order valence-corrected chi connectivity index (χ4v) is 3.50. The normalized spacial score (nSPS) is 13.5. The minimum Gasteiger partial charge on any atom is -0.422 e. The van der Waals surface area contributed by atoms with Crippen molar-refractivity contribution in [3.05, 3.63) is 75.1 Å². The second-order valence-electron chi connectivity index (χ2n) is 7.67. The molecule has 0 radical (unpaired) electrons. The van der Waals surface area contributed by atoms with Crippen LogP contribution in [-0.4, -0.2) is 29.8 Å². The Kier molecular flexibility index (Phi) is 7.22. The van der Waals surface area contributed by atoms with E-state index in [-0.39, 0.29) is 21.6 Å². The molecule has 0 aliphatic rings. The number of halogens is 8. The summed E-state index contributed by atoms with van der Waals surface area (Å²) in [6, 6.07) is 10.3. The summed E-state index contributed by atoms with van der Waals surface area (Å²) in [7, 11) is 0. The van der Waals surface area contributed by atoms with Crippen LogP contribution in [-0.2, 0) is 9.59 Å². The third-order valence-electron chi connectivity index (χ3n) is 5.11. The van der Waals surface area contributed by atoms with Crippen LogP contribution in [0, 0.1) is 0 Å². The van der Waals surface area contributed by atoms with Crippen LogP contribution in [0.25, 0.3) is 11.0 Å². The van der Waals surface area contributed by atoms with Gasteiger partial charge in [0.05, 0.1) is 10.9 Å². The van der Waals surface area contributed by atoms with Crippen LogP contribution in [0.2, 0.25) is 5.02 Å². The number of ether oxygens (including phenoxy) is 1. The molecule has 1 atom stereocenters. The summed E-state index contributed by atoms with van der Waals surface area (Å²) in [6.45, 7) is 1.12. The number of carbonyl (C=O) groups excluding carboxylic acids is 2. The molecule has 3 rings (SSSR count). The zero-order valence-electron chi connectivity index (χ0n) is 18.0. The molecule has 5 nitrogen and oxygen atoms in total. The number of ketones is 1. The molecule has 1 aromatic heterocycles. The highest BCUT2D eigenvalue weighted by molar-refractivity contribution is 6.30. The number of para-hydroxylation sites is 1. The summed E-state index contributed by atoms with van der Waals surface area (Å²) in [5, 5.41) is -0.124. The molecule has 13 heteroatoms. The first-order chi connectivity index (χ1) is 16.6. The van der Waals surface area contributed by atoms with Crippen LogP contribution in [0.3, 0.4) is 0 Å². The van der Waals surface area contributed by atoms with Crippen molar-refractivity contribution in [2.75, 3.05) is 0 Å². The minimum absolute atomic E-state index is 0.182. The Hall–Kier alpha value is -3.41. The average Bonchev–Trinajstić information content (AvgIpc) is 2.77. The molecule has 0 amide bonds. The van der Waals surface area contributed by atoms with Crippen molar-refractivity contribution in [3.63, 3.8) is 0 Å². The van der Waals surface area contributed by atoms with E-state index in [0.717, 1.165) is 19.1 Å². The maximum Gasteiger partial charge on any atom is 0.460 e. The number of hydrogen-bond acceptors (Lipinski definition) is 5. The smallest absolute Gasteiger partial charge is 0.422 e. The van der Waals surface area contributed by atoms with E-state index in [1.807, 2.05) is 0 Å².